The van der Waals surface area contributed by atoms with Gasteiger partial charge in [0, 0.05) is 12.8 Å². The van der Waals surface area contributed by atoms with Crippen molar-refractivity contribution in [1.82, 2.24) is 0 Å². The van der Waals surface area contributed by atoms with E-state index in [1.807, 2.05) is 21.1 Å². The van der Waals surface area contributed by atoms with Gasteiger partial charge in [0.2, 0.25) is 0 Å². The number of phosphoric ester groups is 1. The maximum atomic E-state index is 12.7. The molecule has 0 aromatic carbocycles. The normalized spacial score (nSPS) is 13.1. The predicted molar refractivity (Wildman–Crippen MR) is 221 cm³/mol. The van der Waals surface area contributed by atoms with Crippen LogP contribution in [0.3, 0.4) is 0 Å². The van der Waals surface area contributed by atoms with Crippen molar-refractivity contribution in [3.05, 3.63) is 47.9 Å². The molecule has 0 aromatic rings. The average Bonchev–Trinajstić information content (AvgIpc) is 3.12. The number of rotatable bonds is 37. The van der Waals surface area contributed by atoms with E-state index in [4.69, 9.17) is 18.5 Å². The number of ether oxygens (including phenoxy) is 2. The second-order valence-electron chi connectivity index (χ2n) is 15.2. The van der Waals surface area contributed by atoms with Gasteiger partial charge < -0.3 is 18.9 Å². The lowest BCUT2D eigenvalue weighted by atomic mass is 10.1. The Labute approximate surface area is 331 Å². The molecule has 0 aromatic heterocycles. The maximum absolute atomic E-state index is 12.7. The lowest BCUT2D eigenvalue weighted by molar-refractivity contribution is -0.870. The number of hydrogen-bond donors (Lipinski definition) is 1. The van der Waals surface area contributed by atoms with Crippen LogP contribution in [0, 0.1) is 0 Å². The van der Waals surface area contributed by atoms with Gasteiger partial charge in [-0.2, -0.15) is 13.9 Å². The molecular weight excluding hydrogens is 701 g/mol. The first kappa shape index (κ1) is 52.0. The first-order chi connectivity index (χ1) is 26.0. The Morgan fingerprint density at radius 3 is 1.69 bits per heavy atom. The second kappa shape index (κ2) is 36.6. The van der Waals surface area contributed by atoms with E-state index >= 15 is 0 Å². The van der Waals surface area contributed by atoms with Gasteiger partial charge in [0.25, 0.3) is 0 Å². The van der Waals surface area contributed by atoms with E-state index in [1.54, 1.807) is 0 Å². The van der Waals surface area contributed by atoms with Gasteiger partial charge in [0.1, 0.15) is 26.4 Å². The number of phosphoric acid groups is 1. The fraction of sp³-hybridized carbons (Fsp3) is 0.773. The highest BCUT2D eigenvalue weighted by Gasteiger charge is 2.31. The first-order valence-electron chi connectivity index (χ1n) is 21.2. The number of allylic oxidation sites excluding steroid dienone is 4. The Bertz CT molecular complexity index is 1070. The molecule has 2 atom stereocenters. The molecule has 0 bridgehead atoms. The molecular formula is C44H79NO8P+. The number of nitrogens with zero attached hydrogens (tertiary/aromatic N) is 1. The smallest absolute Gasteiger partial charge is 0.377 e. The second-order valence-corrected chi connectivity index (χ2v) is 16.6. The number of esters is 2. The Morgan fingerprint density at radius 2 is 1.15 bits per heavy atom. The fourth-order valence-electron chi connectivity index (χ4n) is 5.33. The van der Waals surface area contributed by atoms with Gasteiger partial charge in [-0.15, -0.1) is 11.5 Å². The molecule has 0 heterocycles. The largest absolute Gasteiger partial charge is 0.606 e. The van der Waals surface area contributed by atoms with Crippen LogP contribution in [-0.2, 0) is 28.1 Å². The van der Waals surface area contributed by atoms with Crippen molar-refractivity contribution in [1.29, 1.82) is 0 Å². The van der Waals surface area contributed by atoms with Gasteiger partial charge in [0.05, 0.1) is 21.1 Å². The van der Waals surface area contributed by atoms with Crippen LogP contribution in [-0.4, -0.2) is 74.9 Å². The van der Waals surface area contributed by atoms with Crippen LogP contribution in [0.15, 0.2) is 47.9 Å². The summed E-state index contributed by atoms with van der Waals surface area (Å²) in [4.78, 5) is 47.8. The van der Waals surface area contributed by atoms with Gasteiger partial charge in [0.15, 0.2) is 6.10 Å². The third-order valence-electron chi connectivity index (χ3n) is 8.67. The molecule has 0 saturated carbocycles. The van der Waals surface area contributed by atoms with E-state index in [0.29, 0.717) is 23.9 Å². The topological polar surface area (TPSA) is 114 Å². The van der Waals surface area contributed by atoms with Crippen molar-refractivity contribution in [2.75, 3.05) is 47.5 Å². The molecule has 0 amide bonds. The Kier molecular flexibility index (Phi) is 35.2. The molecule has 54 heavy (non-hydrogen) atoms. The van der Waals surface area contributed by atoms with Crippen LogP contribution in [0.25, 0.3) is 0 Å². The highest BCUT2D eigenvalue weighted by Crippen LogP contribution is 2.47. The summed E-state index contributed by atoms with van der Waals surface area (Å²) in [6, 6.07) is 0. The zero-order valence-corrected chi connectivity index (χ0v) is 35.9. The zero-order valence-electron chi connectivity index (χ0n) is 35.0. The van der Waals surface area contributed by atoms with Crippen LogP contribution >= 0.6 is 8.17 Å². The number of carbonyl (C=O) groups excluding carboxylic acids is 2. The Morgan fingerprint density at radius 1 is 0.648 bits per heavy atom. The first-order valence-corrected chi connectivity index (χ1v) is 22.7. The van der Waals surface area contributed by atoms with Gasteiger partial charge >= 0.3 is 20.1 Å². The molecule has 1 N–H and O–H groups in total. The number of unbranched alkanes of at least 4 members (excludes halogenated alkanes) is 17. The summed E-state index contributed by atoms with van der Waals surface area (Å²) in [5.41, 5.74) is 6.57. The van der Waals surface area contributed by atoms with E-state index in [1.165, 1.54) is 32.1 Å². The summed E-state index contributed by atoms with van der Waals surface area (Å²) < 4.78 is 21.7. The molecule has 0 aliphatic heterocycles. The average molecular weight is 781 g/mol. The molecule has 1 unspecified atom stereocenters. The molecule has 0 radical (unpaired) electrons. The molecule has 0 aliphatic carbocycles. The summed E-state index contributed by atoms with van der Waals surface area (Å²) in [5, 5.41) is 0. The lowest BCUT2D eigenvalue weighted by Gasteiger charge is -2.26. The molecule has 312 valence electrons. The van der Waals surface area contributed by atoms with Crippen molar-refractivity contribution in [3.8, 4) is 0 Å². The fourth-order valence-corrected chi connectivity index (χ4v) is 6.07. The van der Waals surface area contributed by atoms with Crippen molar-refractivity contribution in [2.45, 2.75) is 174 Å². The van der Waals surface area contributed by atoms with Crippen LogP contribution < -0.4 is 4.89 Å². The number of quaternary nitrogens is 1. The molecule has 0 spiro atoms. The highest BCUT2D eigenvalue weighted by molar-refractivity contribution is 7.52. The zero-order chi connectivity index (χ0) is 40.0. The number of carbonyl (C=O) groups is 2. The Balaban J connectivity index is 4.47. The van der Waals surface area contributed by atoms with Crippen molar-refractivity contribution in [2.24, 2.45) is 0 Å². The molecule has 9 nitrogen and oxygen atoms in total. The molecule has 0 fully saturated rings. The van der Waals surface area contributed by atoms with Crippen molar-refractivity contribution >= 4 is 20.1 Å². The minimum atomic E-state index is -4.38. The summed E-state index contributed by atoms with van der Waals surface area (Å²) in [7, 11) is 1.44. The van der Waals surface area contributed by atoms with Crippen LogP contribution in [0.5, 0.6) is 0 Å². The van der Waals surface area contributed by atoms with Gasteiger partial charge in [-0.1, -0.05) is 90.2 Å². The van der Waals surface area contributed by atoms with Gasteiger partial charge in [-0.25, -0.2) is 0 Å². The van der Waals surface area contributed by atoms with E-state index in [2.05, 4.69) is 61.8 Å². The van der Waals surface area contributed by atoms with Crippen molar-refractivity contribution in [3.63, 3.8) is 0 Å². The van der Waals surface area contributed by atoms with E-state index in [9.17, 15) is 19.4 Å². The van der Waals surface area contributed by atoms with Crippen LogP contribution in [0.4, 0.5) is 0 Å². The summed E-state index contributed by atoms with van der Waals surface area (Å²) in [6.45, 7) is 4.24. The van der Waals surface area contributed by atoms with E-state index in [0.717, 1.165) is 96.3 Å². The molecule has 10 heteroatoms. The molecule has 0 rings (SSSR count). The third-order valence-corrected chi connectivity index (χ3v) is 9.66. The number of hydrogen-bond acceptors (Lipinski definition) is 8. The molecule has 0 aliphatic rings. The monoisotopic (exact) mass is 781 g/mol. The molecule has 0 saturated heterocycles. The number of likely N-dealkylation sites (N-methyl/N-ethyl adjacent to an activating group) is 1. The summed E-state index contributed by atoms with van der Waals surface area (Å²) in [6.07, 6.45) is 36.1. The van der Waals surface area contributed by atoms with E-state index < -0.39 is 32.8 Å². The van der Waals surface area contributed by atoms with Gasteiger partial charge in [-0.3, -0.25) is 9.59 Å². The van der Waals surface area contributed by atoms with Crippen LogP contribution in [0.1, 0.15) is 168 Å². The maximum Gasteiger partial charge on any atom is 0.377 e. The standard InChI is InChI=1S/C44H78NO8P/c1-6-8-10-12-14-16-18-20-22-24-26-28-30-32-34-36-43(46)50-40-42(41-52-54(48,49)51-39-38-45(3,4)5)53-44(47)37-35-33-31-29-27-25-23-21-19-17-15-13-11-9-7-2/h9,11,18-19,22-23,42H,6-8,10,12-17,24-41H2,1-5H3/p+1/b11-9+/t20?,21?,42-/m1/s1. The van der Waals surface area contributed by atoms with Gasteiger partial charge in [-0.05, 0) is 101 Å². The third kappa shape index (κ3) is 39.6. The summed E-state index contributed by atoms with van der Waals surface area (Å²) >= 11 is 0. The Hall–Kier alpha value is -2.05. The minimum absolute atomic E-state index is 0.0217. The minimum Gasteiger partial charge on any atom is -0.606 e. The van der Waals surface area contributed by atoms with Crippen LogP contribution in [0.2, 0.25) is 0 Å². The highest BCUT2D eigenvalue weighted by atomic mass is 31.2. The van der Waals surface area contributed by atoms with Crippen molar-refractivity contribution < 1.29 is 42.4 Å². The lowest BCUT2D eigenvalue weighted by Crippen LogP contribution is -2.38. The quantitative estimate of drug-likeness (QED) is 0.0166. The predicted octanol–water partition coefficient (Wildman–Crippen LogP) is 10.6. The SMILES string of the molecule is CC/C=C/CCCC=C=CCCCCCCCC(=O)O[C@H](COC(=O)CCCCCCCC=C=CCCCCCCC)CO[P+]([O-])(O)OCC[N+](C)(C)C. The summed E-state index contributed by atoms with van der Waals surface area (Å²) in [5.74, 6) is -0.847. The van der Waals surface area contributed by atoms with E-state index in [-0.39, 0.29) is 26.1 Å².